The molecule has 5 nitrogen and oxygen atoms in total. The highest BCUT2D eigenvalue weighted by molar-refractivity contribution is 5.46. The van der Waals surface area contributed by atoms with Crippen molar-refractivity contribution in [2.75, 3.05) is 0 Å². The van der Waals surface area contributed by atoms with Crippen LogP contribution in [0.5, 0.6) is 5.75 Å². The molecule has 0 saturated carbocycles. The van der Waals surface area contributed by atoms with Gasteiger partial charge in [-0.05, 0) is 23.8 Å². The third kappa shape index (κ3) is 3.09. The lowest BCUT2D eigenvalue weighted by Gasteiger charge is -2.07. The fourth-order valence-electron chi connectivity index (χ4n) is 1.59. The first kappa shape index (κ1) is 13.5. The molecule has 2 aromatic rings. The van der Waals surface area contributed by atoms with Crippen molar-refractivity contribution in [3.8, 4) is 11.8 Å². The van der Waals surface area contributed by atoms with E-state index in [0.29, 0.717) is 5.56 Å². The topological polar surface area (TPSA) is 76.2 Å². The molecule has 20 heavy (non-hydrogen) atoms. The van der Waals surface area contributed by atoms with Crippen LogP contribution in [0.3, 0.4) is 0 Å². The molecule has 0 radical (unpaired) electrons. The highest BCUT2D eigenvalue weighted by atomic mass is 19.1. The number of rotatable bonds is 4. The Labute approximate surface area is 114 Å². The summed E-state index contributed by atoms with van der Waals surface area (Å²) in [5, 5.41) is 19.5. The zero-order chi connectivity index (χ0) is 14.5. The van der Waals surface area contributed by atoms with Crippen LogP contribution in [0.25, 0.3) is 0 Å². The first-order valence-corrected chi connectivity index (χ1v) is 5.66. The summed E-state index contributed by atoms with van der Waals surface area (Å²) in [6.45, 7) is 0.0516. The molecule has 2 rings (SSSR count). The molecule has 2 aromatic carbocycles. The second-order valence-electron chi connectivity index (χ2n) is 3.97. The first-order valence-electron chi connectivity index (χ1n) is 5.66. The molecule has 0 aromatic heterocycles. The van der Waals surface area contributed by atoms with E-state index in [9.17, 15) is 14.5 Å². The van der Waals surface area contributed by atoms with Gasteiger partial charge in [0.2, 0.25) is 0 Å². The van der Waals surface area contributed by atoms with Gasteiger partial charge in [-0.2, -0.15) is 5.26 Å². The molecule has 0 aliphatic rings. The fraction of sp³-hybridized carbons (Fsp3) is 0.0714. The Bertz CT molecular complexity index is 678. The van der Waals surface area contributed by atoms with Crippen molar-refractivity contribution in [2.45, 2.75) is 6.61 Å². The van der Waals surface area contributed by atoms with Crippen LogP contribution in [0.15, 0.2) is 42.5 Å². The van der Waals surface area contributed by atoms with Crippen molar-refractivity contribution < 1.29 is 14.1 Å². The van der Waals surface area contributed by atoms with E-state index in [4.69, 9.17) is 10.00 Å². The van der Waals surface area contributed by atoms with E-state index in [0.717, 1.165) is 23.8 Å². The van der Waals surface area contributed by atoms with E-state index in [2.05, 4.69) is 0 Å². The molecule has 0 unspecified atom stereocenters. The zero-order valence-corrected chi connectivity index (χ0v) is 10.2. The molecular weight excluding hydrogens is 263 g/mol. The van der Waals surface area contributed by atoms with E-state index in [1.165, 1.54) is 0 Å². The number of hydrogen-bond donors (Lipinski definition) is 0. The monoisotopic (exact) mass is 272 g/mol. The third-order valence-corrected chi connectivity index (χ3v) is 2.60. The Hall–Kier alpha value is -2.94. The van der Waals surface area contributed by atoms with Gasteiger partial charge < -0.3 is 4.74 Å². The van der Waals surface area contributed by atoms with Gasteiger partial charge in [0.05, 0.1) is 16.6 Å². The Morgan fingerprint density at radius 1 is 1.25 bits per heavy atom. The lowest BCUT2D eigenvalue weighted by Crippen LogP contribution is -1.99. The molecule has 0 bridgehead atoms. The average molecular weight is 272 g/mol. The maximum atomic E-state index is 13.1. The minimum atomic E-state index is -0.631. The van der Waals surface area contributed by atoms with Crippen LogP contribution in [0.1, 0.15) is 11.1 Å². The molecule has 0 aliphatic carbocycles. The molecule has 0 fully saturated rings. The maximum Gasteiger partial charge on any atom is 0.311 e. The number of nitro benzene ring substituents is 1. The Morgan fingerprint density at radius 2 is 1.95 bits per heavy atom. The van der Waals surface area contributed by atoms with Gasteiger partial charge in [0.1, 0.15) is 12.4 Å². The van der Waals surface area contributed by atoms with E-state index >= 15 is 0 Å². The molecule has 0 amide bonds. The van der Waals surface area contributed by atoms with Gasteiger partial charge in [0.15, 0.2) is 5.75 Å². The van der Waals surface area contributed by atoms with Gasteiger partial charge >= 0.3 is 5.69 Å². The molecule has 100 valence electrons. The van der Waals surface area contributed by atoms with Crippen LogP contribution < -0.4 is 4.74 Å². The maximum absolute atomic E-state index is 13.1. The molecule has 0 heterocycles. The summed E-state index contributed by atoms with van der Waals surface area (Å²) in [7, 11) is 0. The van der Waals surface area contributed by atoms with E-state index < -0.39 is 10.7 Å². The highest BCUT2D eigenvalue weighted by Gasteiger charge is 2.15. The minimum absolute atomic E-state index is 0.0516. The second-order valence-corrected chi connectivity index (χ2v) is 3.97. The summed E-state index contributed by atoms with van der Waals surface area (Å²) in [5.74, 6) is -0.732. The van der Waals surface area contributed by atoms with Crippen molar-refractivity contribution in [1.82, 2.24) is 0 Å². The van der Waals surface area contributed by atoms with Crippen molar-refractivity contribution in [2.24, 2.45) is 0 Å². The lowest BCUT2D eigenvalue weighted by atomic mass is 10.1. The van der Waals surface area contributed by atoms with E-state index in [1.807, 2.05) is 6.07 Å². The lowest BCUT2D eigenvalue weighted by molar-refractivity contribution is -0.386. The molecular formula is C14H9FN2O3. The number of hydrogen-bond acceptors (Lipinski definition) is 4. The van der Waals surface area contributed by atoms with Gasteiger partial charge in [0, 0.05) is 12.1 Å². The number of benzene rings is 2. The number of halogens is 1. The molecule has 0 aliphatic heterocycles. The van der Waals surface area contributed by atoms with E-state index in [-0.39, 0.29) is 18.0 Å². The largest absolute Gasteiger partial charge is 0.482 e. The predicted octanol–water partition coefficient (Wildman–Crippen LogP) is 3.18. The minimum Gasteiger partial charge on any atom is -0.482 e. The standard InChI is InChI=1S/C14H9FN2O3/c15-12-5-6-13(17(18)19)14(7-12)20-9-11-3-1-10(8-16)2-4-11/h1-7H,9H2. The smallest absolute Gasteiger partial charge is 0.311 e. The van der Waals surface area contributed by atoms with Crippen LogP contribution in [0.2, 0.25) is 0 Å². The summed E-state index contributed by atoms with van der Waals surface area (Å²) in [6, 6.07) is 11.6. The molecule has 6 heteroatoms. The number of nitrogens with zero attached hydrogens (tertiary/aromatic N) is 2. The SMILES string of the molecule is N#Cc1ccc(COc2cc(F)ccc2[N+](=O)[O-])cc1. The van der Waals surface area contributed by atoms with Crippen LogP contribution in [0.4, 0.5) is 10.1 Å². The van der Waals surface area contributed by atoms with Crippen molar-refractivity contribution in [3.05, 3.63) is 69.5 Å². The highest BCUT2D eigenvalue weighted by Crippen LogP contribution is 2.28. The Kier molecular flexibility index (Phi) is 3.91. The van der Waals surface area contributed by atoms with Crippen LogP contribution in [0, 0.1) is 27.3 Å². The Balaban J connectivity index is 2.15. The number of ether oxygens (including phenoxy) is 1. The fourth-order valence-corrected chi connectivity index (χ4v) is 1.59. The van der Waals surface area contributed by atoms with Crippen LogP contribution in [-0.4, -0.2) is 4.92 Å². The Morgan fingerprint density at radius 3 is 2.55 bits per heavy atom. The molecule has 0 N–H and O–H groups in total. The first-order chi connectivity index (χ1) is 9.60. The predicted molar refractivity (Wildman–Crippen MR) is 68.5 cm³/mol. The molecule has 0 spiro atoms. The number of nitriles is 1. The zero-order valence-electron chi connectivity index (χ0n) is 10.2. The van der Waals surface area contributed by atoms with Gasteiger partial charge in [-0.1, -0.05) is 12.1 Å². The number of nitro groups is 1. The van der Waals surface area contributed by atoms with Crippen molar-refractivity contribution >= 4 is 5.69 Å². The molecule has 0 atom stereocenters. The van der Waals surface area contributed by atoms with Gasteiger partial charge in [-0.3, -0.25) is 10.1 Å². The third-order valence-electron chi connectivity index (χ3n) is 2.60. The van der Waals surface area contributed by atoms with Crippen molar-refractivity contribution in [3.63, 3.8) is 0 Å². The summed E-state index contributed by atoms with van der Waals surface area (Å²) in [6.07, 6.45) is 0. The van der Waals surface area contributed by atoms with Gasteiger partial charge in [-0.15, -0.1) is 0 Å². The normalized spacial score (nSPS) is 9.80. The molecule has 0 saturated heterocycles. The van der Waals surface area contributed by atoms with Gasteiger partial charge in [0.25, 0.3) is 0 Å². The second kappa shape index (κ2) is 5.80. The summed E-state index contributed by atoms with van der Waals surface area (Å²) in [5.41, 5.74) is 0.938. The summed E-state index contributed by atoms with van der Waals surface area (Å²) in [4.78, 5) is 10.2. The summed E-state index contributed by atoms with van der Waals surface area (Å²) < 4.78 is 18.4. The average Bonchev–Trinajstić information content (AvgIpc) is 2.45. The van der Waals surface area contributed by atoms with Crippen LogP contribution >= 0.6 is 0 Å². The van der Waals surface area contributed by atoms with Gasteiger partial charge in [-0.25, -0.2) is 4.39 Å². The van der Waals surface area contributed by atoms with Crippen molar-refractivity contribution in [1.29, 1.82) is 5.26 Å². The summed E-state index contributed by atoms with van der Waals surface area (Å²) >= 11 is 0. The quantitative estimate of drug-likeness (QED) is 0.632. The van der Waals surface area contributed by atoms with Crippen LogP contribution in [-0.2, 0) is 6.61 Å². The van der Waals surface area contributed by atoms with E-state index in [1.54, 1.807) is 24.3 Å².